The summed E-state index contributed by atoms with van der Waals surface area (Å²) in [4.78, 5) is 11.7. The van der Waals surface area contributed by atoms with E-state index < -0.39 is 5.91 Å². The van der Waals surface area contributed by atoms with Crippen LogP contribution in [0.1, 0.15) is 21.6 Å². The van der Waals surface area contributed by atoms with Crippen LogP contribution in [0.4, 0.5) is 4.39 Å². The molecule has 2 N–H and O–H groups in total. The zero-order chi connectivity index (χ0) is 15.0. The number of halogens is 1. The summed E-state index contributed by atoms with van der Waals surface area (Å²) in [6.45, 7) is 2.36. The van der Waals surface area contributed by atoms with Gasteiger partial charge in [0.25, 0.3) is 5.91 Å². The summed E-state index contributed by atoms with van der Waals surface area (Å²) in [7, 11) is 0. The summed E-state index contributed by atoms with van der Waals surface area (Å²) in [5, 5.41) is 0.832. The average Bonchev–Trinajstić information content (AvgIpc) is 2.72. The third-order valence-corrected chi connectivity index (χ3v) is 3.71. The first-order valence-electron chi connectivity index (χ1n) is 6.70. The number of aromatic nitrogens is 1. The van der Waals surface area contributed by atoms with E-state index in [1.807, 2.05) is 41.8 Å². The number of fused-ring (bicyclic) bond motifs is 1. The van der Waals surface area contributed by atoms with Crippen molar-refractivity contribution < 1.29 is 9.18 Å². The molecule has 2 aromatic carbocycles. The SMILES string of the molecule is Cc1c(C(N)=O)c2ccccc2n1Cc1cccc(F)c1. The van der Waals surface area contributed by atoms with Crippen LogP contribution in [-0.4, -0.2) is 10.5 Å². The van der Waals surface area contributed by atoms with E-state index in [-0.39, 0.29) is 5.82 Å². The van der Waals surface area contributed by atoms with Gasteiger partial charge in [-0.15, -0.1) is 0 Å². The molecular formula is C17H15FN2O. The largest absolute Gasteiger partial charge is 0.366 e. The van der Waals surface area contributed by atoms with Crippen molar-refractivity contribution in [3.8, 4) is 0 Å². The first kappa shape index (κ1) is 13.4. The van der Waals surface area contributed by atoms with Gasteiger partial charge < -0.3 is 10.3 Å². The van der Waals surface area contributed by atoms with Gasteiger partial charge in [-0.25, -0.2) is 4.39 Å². The Kier molecular flexibility index (Phi) is 3.22. The Hall–Kier alpha value is -2.62. The molecule has 0 aliphatic rings. The molecule has 0 atom stereocenters. The standard InChI is InChI=1S/C17H15FN2O/c1-11-16(17(19)21)14-7-2-3-8-15(14)20(11)10-12-5-4-6-13(18)9-12/h2-9H,10H2,1H3,(H2,19,21). The van der Waals surface area contributed by atoms with Crippen LogP contribution in [-0.2, 0) is 6.54 Å². The Morgan fingerprint density at radius 3 is 2.67 bits per heavy atom. The number of hydrogen-bond acceptors (Lipinski definition) is 1. The highest BCUT2D eigenvalue weighted by Gasteiger charge is 2.17. The van der Waals surface area contributed by atoms with E-state index in [0.717, 1.165) is 22.2 Å². The van der Waals surface area contributed by atoms with Crippen LogP contribution in [0.3, 0.4) is 0 Å². The van der Waals surface area contributed by atoms with E-state index in [9.17, 15) is 9.18 Å². The minimum absolute atomic E-state index is 0.267. The number of carbonyl (C=O) groups excluding carboxylic acids is 1. The van der Waals surface area contributed by atoms with E-state index in [0.29, 0.717) is 12.1 Å². The Morgan fingerprint density at radius 1 is 1.19 bits per heavy atom. The highest BCUT2D eigenvalue weighted by atomic mass is 19.1. The quantitative estimate of drug-likeness (QED) is 0.787. The third-order valence-electron chi connectivity index (χ3n) is 3.71. The van der Waals surface area contributed by atoms with Gasteiger partial charge in [0.1, 0.15) is 5.82 Å². The Morgan fingerprint density at radius 2 is 1.95 bits per heavy atom. The van der Waals surface area contributed by atoms with E-state index in [1.165, 1.54) is 12.1 Å². The summed E-state index contributed by atoms with van der Waals surface area (Å²) in [6, 6.07) is 14.1. The lowest BCUT2D eigenvalue weighted by Gasteiger charge is -2.09. The summed E-state index contributed by atoms with van der Waals surface area (Å²) >= 11 is 0. The van der Waals surface area contributed by atoms with Crippen molar-refractivity contribution in [1.29, 1.82) is 0 Å². The van der Waals surface area contributed by atoms with Crippen LogP contribution in [0.2, 0.25) is 0 Å². The predicted molar refractivity (Wildman–Crippen MR) is 80.7 cm³/mol. The van der Waals surface area contributed by atoms with Crippen molar-refractivity contribution in [2.75, 3.05) is 0 Å². The molecule has 3 nitrogen and oxygen atoms in total. The molecule has 1 heterocycles. The van der Waals surface area contributed by atoms with Gasteiger partial charge >= 0.3 is 0 Å². The first-order chi connectivity index (χ1) is 10.1. The number of para-hydroxylation sites is 1. The molecule has 0 radical (unpaired) electrons. The maximum atomic E-state index is 13.3. The Balaban J connectivity index is 2.18. The van der Waals surface area contributed by atoms with Gasteiger partial charge in [0.2, 0.25) is 0 Å². The second-order valence-electron chi connectivity index (χ2n) is 5.06. The minimum atomic E-state index is -0.443. The molecule has 0 saturated heterocycles. The van der Waals surface area contributed by atoms with Crippen molar-refractivity contribution in [3.05, 3.63) is 71.2 Å². The summed E-state index contributed by atoms with van der Waals surface area (Å²) in [5.41, 5.74) is 8.59. The predicted octanol–water partition coefficient (Wildman–Crippen LogP) is 3.24. The molecule has 1 amide bonds. The molecule has 1 aromatic heterocycles. The monoisotopic (exact) mass is 282 g/mol. The number of nitrogens with zero attached hydrogens (tertiary/aromatic N) is 1. The molecule has 0 bridgehead atoms. The van der Waals surface area contributed by atoms with E-state index in [2.05, 4.69) is 0 Å². The number of nitrogens with two attached hydrogens (primary N) is 1. The topological polar surface area (TPSA) is 48.0 Å². The van der Waals surface area contributed by atoms with Gasteiger partial charge in [-0.05, 0) is 30.7 Å². The van der Waals surface area contributed by atoms with Crippen LogP contribution >= 0.6 is 0 Å². The van der Waals surface area contributed by atoms with Crippen molar-refractivity contribution in [3.63, 3.8) is 0 Å². The zero-order valence-electron chi connectivity index (χ0n) is 11.6. The van der Waals surface area contributed by atoms with E-state index >= 15 is 0 Å². The van der Waals surface area contributed by atoms with Crippen LogP contribution in [0.25, 0.3) is 10.9 Å². The fraction of sp³-hybridized carbons (Fsp3) is 0.118. The molecule has 0 aliphatic carbocycles. The number of carbonyl (C=O) groups is 1. The number of hydrogen-bond donors (Lipinski definition) is 1. The summed E-state index contributed by atoms with van der Waals surface area (Å²) in [5.74, 6) is -0.710. The molecule has 106 valence electrons. The molecule has 3 rings (SSSR count). The number of rotatable bonds is 3. The molecule has 0 spiro atoms. The number of benzene rings is 2. The number of primary amides is 1. The molecular weight excluding hydrogens is 267 g/mol. The van der Waals surface area contributed by atoms with Crippen molar-refractivity contribution in [1.82, 2.24) is 4.57 Å². The lowest BCUT2D eigenvalue weighted by molar-refractivity contribution is 0.100. The molecule has 21 heavy (non-hydrogen) atoms. The normalized spacial score (nSPS) is 11.0. The second kappa shape index (κ2) is 5.05. The third kappa shape index (κ3) is 2.29. The van der Waals surface area contributed by atoms with Crippen LogP contribution in [0, 0.1) is 12.7 Å². The maximum Gasteiger partial charge on any atom is 0.251 e. The molecule has 4 heteroatoms. The number of amides is 1. The molecule has 3 aromatic rings. The van der Waals surface area contributed by atoms with Crippen LogP contribution in [0.15, 0.2) is 48.5 Å². The van der Waals surface area contributed by atoms with Gasteiger partial charge in [-0.3, -0.25) is 4.79 Å². The lowest BCUT2D eigenvalue weighted by Crippen LogP contribution is -2.13. The fourth-order valence-electron chi connectivity index (χ4n) is 2.76. The van der Waals surface area contributed by atoms with Crippen molar-refractivity contribution in [2.24, 2.45) is 5.73 Å². The second-order valence-corrected chi connectivity index (χ2v) is 5.06. The Bertz CT molecular complexity index is 836. The maximum absolute atomic E-state index is 13.3. The first-order valence-corrected chi connectivity index (χ1v) is 6.70. The summed E-state index contributed by atoms with van der Waals surface area (Å²) in [6.07, 6.45) is 0. The highest BCUT2D eigenvalue weighted by Crippen LogP contribution is 2.26. The van der Waals surface area contributed by atoms with Crippen molar-refractivity contribution >= 4 is 16.8 Å². The fourth-order valence-corrected chi connectivity index (χ4v) is 2.76. The zero-order valence-corrected chi connectivity index (χ0v) is 11.6. The van der Waals surface area contributed by atoms with Gasteiger partial charge in [-0.1, -0.05) is 30.3 Å². The molecule has 0 unspecified atom stereocenters. The highest BCUT2D eigenvalue weighted by molar-refractivity contribution is 6.07. The van der Waals surface area contributed by atoms with E-state index in [1.54, 1.807) is 6.07 Å². The summed E-state index contributed by atoms with van der Waals surface area (Å²) < 4.78 is 15.3. The van der Waals surface area contributed by atoms with E-state index in [4.69, 9.17) is 5.73 Å². The lowest BCUT2D eigenvalue weighted by atomic mass is 10.1. The van der Waals surface area contributed by atoms with Gasteiger partial charge in [0.15, 0.2) is 0 Å². The molecule has 0 fully saturated rings. The van der Waals surface area contributed by atoms with Crippen LogP contribution in [0.5, 0.6) is 0 Å². The molecule has 0 aliphatic heterocycles. The van der Waals surface area contributed by atoms with Gasteiger partial charge in [-0.2, -0.15) is 0 Å². The van der Waals surface area contributed by atoms with Gasteiger partial charge in [0.05, 0.1) is 5.56 Å². The minimum Gasteiger partial charge on any atom is -0.366 e. The van der Waals surface area contributed by atoms with Crippen LogP contribution < -0.4 is 5.73 Å². The smallest absolute Gasteiger partial charge is 0.251 e. The van der Waals surface area contributed by atoms with Gasteiger partial charge in [0, 0.05) is 23.1 Å². The molecule has 0 saturated carbocycles. The Labute approximate surface area is 121 Å². The average molecular weight is 282 g/mol. The van der Waals surface area contributed by atoms with Crippen molar-refractivity contribution in [2.45, 2.75) is 13.5 Å².